The van der Waals surface area contributed by atoms with Crippen LogP contribution in [0.3, 0.4) is 0 Å². The van der Waals surface area contributed by atoms with E-state index in [4.69, 9.17) is 21.2 Å². The molecule has 1 spiro atoms. The molecule has 0 radical (unpaired) electrons. The predicted octanol–water partition coefficient (Wildman–Crippen LogP) is 3.76. The normalized spacial score (nSPS) is 21.1. The van der Waals surface area contributed by atoms with E-state index in [1.54, 1.807) is 13.2 Å². The van der Waals surface area contributed by atoms with Gasteiger partial charge in [-0.1, -0.05) is 29.8 Å². The van der Waals surface area contributed by atoms with Crippen molar-refractivity contribution in [1.82, 2.24) is 14.7 Å². The molecular formula is C24H28ClN3O5S2. The van der Waals surface area contributed by atoms with E-state index in [0.717, 1.165) is 29.9 Å². The van der Waals surface area contributed by atoms with Crippen molar-refractivity contribution in [3.05, 3.63) is 58.1 Å². The first-order valence-corrected chi connectivity index (χ1v) is 14.3. The number of halogens is 1. The zero-order valence-corrected chi connectivity index (χ0v) is 21.8. The Morgan fingerprint density at radius 3 is 2.51 bits per heavy atom. The molecule has 0 unspecified atom stereocenters. The maximum absolute atomic E-state index is 13.2. The molecule has 0 bridgehead atoms. The Kier molecular flexibility index (Phi) is 6.84. The fraction of sp³-hybridized carbons (Fsp3) is 0.458. The number of carbonyl (C=O) groups is 1. The molecule has 11 heteroatoms. The average Bonchev–Trinajstić information content (AvgIpc) is 3.51. The summed E-state index contributed by atoms with van der Waals surface area (Å²) in [6.45, 7) is 1.93. The lowest BCUT2D eigenvalue weighted by Crippen LogP contribution is -2.46. The van der Waals surface area contributed by atoms with Gasteiger partial charge in [-0.05, 0) is 61.4 Å². The number of hydrogen-bond acceptors (Lipinski definition) is 7. The summed E-state index contributed by atoms with van der Waals surface area (Å²) in [5, 5.41) is 0. The Morgan fingerprint density at radius 1 is 1.14 bits per heavy atom. The molecule has 3 aliphatic heterocycles. The van der Waals surface area contributed by atoms with E-state index in [1.807, 2.05) is 29.2 Å². The number of benzene rings is 1. The minimum absolute atomic E-state index is 0.0800. The molecule has 2 aromatic rings. The summed E-state index contributed by atoms with van der Waals surface area (Å²) in [7, 11) is -1.90. The van der Waals surface area contributed by atoms with Crippen LogP contribution in [0.2, 0.25) is 4.34 Å². The van der Waals surface area contributed by atoms with Gasteiger partial charge in [0.05, 0.1) is 11.4 Å². The molecule has 0 atom stereocenters. The van der Waals surface area contributed by atoms with Gasteiger partial charge >= 0.3 is 0 Å². The van der Waals surface area contributed by atoms with Crippen LogP contribution in [0.25, 0.3) is 0 Å². The summed E-state index contributed by atoms with van der Waals surface area (Å²) in [4.78, 5) is 20.9. The van der Waals surface area contributed by atoms with Crippen LogP contribution in [-0.2, 0) is 19.7 Å². The zero-order chi connectivity index (χ0) is 24.6. The smallest absolute Gasteiger partial charge is 0.272 e. The second kappa shape index (κ2) is 9.74. The van der Waals surface area contributed by atoms with Crippen LogP contribution in [-0.4, -0.2) is 62.4 Å². The van der Waals surface area contributed by atoms with E-state index in [0.29, 0.717) is 55.0 Å². The molecule has 0 aliphatic carbocycles. The molecular weight excluding hydrogens is 510 g/mol. The molecule has 1 N–H and O–H groups in total. The molecule has 4 heterocycles. The van der Waals surface area contributed by atoms with E-state index in [-0.39, 0.29) is 10.1 Å². The molecule has 35 heavy (non-hydrogen) atoms. The third-order valence-corrected chi connectivity index (χ3v) is 10.7. The van der Waals surface area contributed by atoms with Gasteiger partial charge < -0.3 is 9.64 Å². The lowest BCUT2D eigenvalue weighted by atomic mass is 9.88. The molecule has 188 valence electrons. The van der Waals surface area contributed by atoms with E-state index in [1.165, 1.54) is 15.9 Å². The molecule has 1 amide bonds. The van der Waals surface area contributed by atoms with Gasteiger partial charge in [-0.25, -0.2) is 8.42 Å². The van der Waals surface area contributed by atoms with Crippen molar-refractivity contribution in [2.24, 2.45) is 0 Å². The summed E-state index contributed by atoms with van der Waals surface area (Å²) in [6.07, 6.45) is 4.50. The van der Waals surface area contributed by atoms with Crippen molar-refractivity contribution < 1.29 is 22.8 Å². The van der Waals surface area contributed by atoms with Crippen LogP contribution in [0.5, 0.6) is 5.75 Å². The second-order valence-electron chi connectivity index (χ2n) is 9.10. The average molecular weight is 538 g/mol. The van der Waals surface area contributed by atoms with E-state index < -0.39 is 15.6 Å². The number of hydroxylamine groups is 1. The highest BCUT2D eigenvalue weighted by atomic mass is 35.5. The lowest BCUT2D eigenvalue weighted by molar-refractivity contribution is -0.130. The number of likely N-dealkylation sites (tertiary alicyclic amines) is 1. The van der Waals surface area contributed by atoms with Gasteiger partial charge in [0.1, 0.15) is 21.3 Å². The number of nitrogens with zero attached hydrogens (tertiary/aromatic N) is 2. The van der Waals surface area contributed by atoms with Gasteiger partial charge in [-0.15, -0.1) is 11.3 Å². The molecule has 1 aromatic carbocycles. The second-order valence-corrected chi connectivity index (χ2v) is 13.0. The van der Waals surface area contributed by atoms with E-state index in [9.17, 15) is 13.2 Å². The maximum Gasteiger partial charge on any atom is 0.272 e. The highest BCUT2D eigenvalue weighted by Crippen LogP contribution is 2.37. The highest BCUT2D eigenvalue weighted by Gasteiger charge is 2.43. The van der Waals surface area contributed by atoms with Crippen LogP contribution in [0.1, 0.15) is 37.2 Å². The number of carbonyl (C=O) groups excluding carboxylic acids is 1. The Bertz CT molecular complexity index is 1230. The van der Waals surface area contributed by atoms with Crippen molar-refractivity contribution in [3.63, 3.8) is 0 Å². The number of amides is 1. The van der Waals surface area contributed by atoms with Crippen LogP contribution >= 0.6 is 22.9 Å². The quantitative estimate of drug-likeness (QED) is 0.625. The molecule has 0 saturated carbocycles. The Balaban J connectivity index is 1.19. The summed E-state index contributed by atoms with van der Waals surface area (Å²) in [5.74, 6) is 1.17. The lowest BCUT2D eigenvalue weighted by Gasteiger charge is -2.35. The number of methoxy groups -OCH3 is 1. The number of rotatable bonds is 5. The molecule has 2 fully saturated rings. The summed E-state index contributed by atoms with van der Waals surface area (Å²) in [5.41, 5.74) is 3.77. The molecule has 3 aliphatic rings. The van der Waals surface area contributed by atoms with Gasteiger partial charge in [0.2, 0.25) is 0 Å². The zero-order valence-electron chi connectivity index (χ0n) is 19.4. The number of hydrogen-bond donors (Lipinski definition) is 1. The summed E-state index contributed by atoms with van der Waals surface area (Å²) >= 11 is 6.98. The van der Waals surface area contributed by atoms with E-state index >= 15 is 0 Å². The largest absolute Gasteiger partial charge is 0.496 e. The maximum atomic E-state index is 13.2. The van der Waals surface area contributed by atoms with Crippen molar-refractivity contribution in [3.8, 4) is 5.75 Å². The molecule has 1 aromatic heterocycles. The van der Waals surface area contributed by atoms with Crippen molar-refractivity contribution in [2.45, 2.75) is 41.4 Å². The Morgan fingerprint density at radius 2 is 1.86 bits per heavy atom. The number of para-hydroxylation sites is 1. The Hall–Kier alpha value is -2.11. The molecule has 2 saturated heterocycles. The first-order chi connectivity index (χ1) is 16.8. The molecule has 5 rings (SSSR count). The van der Waals surface area contributed by atoms with Gasteiger partial charge in [-0.2, -0.15) is 4.31 Å². The van der Waals surface area contributed by atoms with Gasteiger partial charge in [0.25, 0.3) is 15.9 Å². The highest BCUT2D eigenvalue weighted by molar-refractivity contribution is 7.91. The van der Waals surface area contributed by atoms with Crippen LogP contribution < -0.4 is 10.2 Å². The fourth-order valence-corrected chi connectivity index (χ4v) is 8.15. The van der Waals surface area contributed by atoms with Crippen LogP contribution in [0.15, 0.2) is 52.4 Å². The predicted molar refractivity (Wildman–Crippen MR) is 134 cm³/mol. The minimum Gasteiger partial charge on any atom is -0.496 e. The number of nitrogens with one attached hydrogen (secondary N) is 1. The first kappa shape index (κ1) is 24.6. The van der Waals surface area contributed by atoms with E-state index in [2.05, 4.69) is 11.5 Å². The van der Waals surface area contributed by atoms with Crippen LogP contribution in [0.4, 0.5) is 0 Å². The standard InChI is InChI=1S/C24H28ClN3O5S2/c1-32-20-5-3-2-4-18(20)17-8-12-27(13-9-17)23(29)19-16-24(33-26-19)10-14-28(15-11-24)35(30,31)22-7-6-21(25)34-22/h2-7,16-17,26H,8-15H2,1H3. The molecule has 8 nitrogen and oxygen atoms in total. The monoisotopic (exact) mass is 537 g/mol. The van der Waals surface area contributed by atoms with Crippen molar-refractivity contribution in [1.29, 1.82) is 0 Å². The Labute approximate surface area is 214 Å². The third-order valence-electron chi connectivity index (χ3n) is 7.07. The number of ether oxygens (including phenoxy) is 1. The number of thiophene rings is 1. The summed E-state index contributed by atoms with van der Waals surface area (Å²) in [6, 6.07) is 11.2. The topological polar surface area (TPSA) is 88.2 Å². The summed E-state index contributed by atoms with van der Waals surface area (Å²) < 4.78 is 33.4. The minimum atomic E-state index is -3.58. The van der Waals surface area contributed by atoms with Gasteiger partial charge in [0, 0.05) is 26.2 Å². The van der Waals surface area contributed by atoms with Crippen LogP contribution in [0, 0.1) is 0 Å². The van der Waals surface area contributed by atoms with Gasteiger partial charge in [-0.3, -0.25) is 15.1 Å². The van der Waals surface area contributed by atoms with Crippen molar-refractivity contribution in [2.75, 3.05) is 33.3 Å². The van der Waals surface area contributed by atoms with Gasteiger partial charge in [0.15, 0.2) is 0 Å². The number of sulfonamides is 1. The first-order valence-electron chi connectivity index (χ1n) is 11.7. The number of piperidine rings is 2. The SMILES string of the molecule is COc1ccccc1C1CCN(C(=O)C2=CC3(CCN(S(=O)(=O)c4ccc(Cl)s4)CC3)ON2)CC1. The fourth-order valence-electron chi connectivity index (χ4n) is 5.07. The third kappa shape index (κ3) is 4.82. The van der Waals surface area contributed by atoms with Crippen molar-refractivity contribution >= 4 is 38.9 Å².